The minimum Gasteiger partial charge on any atom is -0.478 e. The Kier molecular flexibility index (Phi) is 4.55. The Morgan fingerprint density at radius 1 is 1.04 bits per heavy atom. The minimum atomic E-state index is -1.06. The number of aromatic carboxylic acids is 1. The predicted molar refractivity (Wildman–Crippen MR) is 105 cm³/mol. The summed E-state index contributed by atoms with van der Waals surface area (Å²) in [7, 11) is 0. The van der Waals surface area contributed by atoms with Gasteiger partial charge in [0.2, 0.25) is 5.88 Å². The average molecular weight is 372 g/mol. The molecule has 7 nitrogen and oxygen atoms in total. The Bertz CT molecular complexity index is 1150. The third-order valence-electron chi connectivity index (χ3n) is 4.08. The van der Waals surface area contributed by atoms with E-state index in [0.29, 0.717) is 34.0 Å². The van der Waals surface area contributed by atoms with E-state index >= 15 is 0 Å². The number of carbonyl (C=O) groups is 1. The second-order valence-corrected chi connectivity index (χ2v) is 6.10. The van der Waals surface area contributed by atoms with Gasteiger partial charge in [-0.05, 0) is 49.4 Å². The number of ether oxygens (including phenoxy) is 1. The number of benzene rings is 1. The monoisotopic (exact) mass is 372 g/mol. The van der Waals surface area contributed by atoms with Gasteiger partial charge in [0.1, 0.15) is 11.3 Å². The van der Waals surface area contributed by atoms with E-state index in [0.717, 1.165) is 5.69 Å². The summed E-state index contributed by atoms with van der Waals surface area (Å²) in [5.41, 5.74) is 2.53. The summed E-state index contributed by atoms with van der Waals surface area (Å²) in [5, 5.41) is 13.4. The van der Waals surface area contributed by atoms with Crippen molar-refractivity contribution in [3.63, 3.8) is 0 Å². The van der Waals surface area contributed by atoms with Crippen LogP contribution in [0.4, 0.5) is 11.4 Å². The van der Waals surface area contributed by atoms with Gasteiger partial charge in [0.05, 0.1) is 5.69 Å². The summed E-state index contributed by atoms with van der Waals surface area (Å²) in [4.78, 5) is 24.3. The lowest BCUT2D eigenvalue weighted by Gasteiger charge is -2.13. The molecule has 3 heterocycles. The summed E-state index contributed by atoms with van der Waals surface area (Å²) in [6, 6.07) is 16.2. The number of carboxylic acid groups (broad SMARTS) is 1. The van der Waals surface area contributed by atoms with Gasteiger partial charge in [0.15, 0.2) is 5.65 Å². The molecule has 0 fully saturated rings. The van der Waals surface area contributed by atoms with Crippen molar-refractivity contribution in [2.24, 2.45) is 0 Å². The summed E-state index contributed by atoms with van der Waals surface area (Å²) < 4.78 is 5.68. The molecule has 1 aromatic carbocycles. The predicted octanol–water partition coefficient (Wildman–Crippen LogP) is 4.57. The first-order valence-corrected chi connectivity index (χ1v) is 8.56. The van der Waals surface area contributed by atoms with Gasteiger partial charge in [-0.25, -0.2) is 19.7 Å². The first-order chi connectivity index (χ1) is 13.6. The zero-order valence-corrected chi connectivity index (χ0v) is 15.0. The van der Waals surface area contributed by atoms with Crippen LogP contribution in [0.5, 0.6) is 11.6 Å². The molecule has 0 amide bonds. The second-order valence-electron chi connectivity index (χ2n) is 6.10. The number of nitrogens with zero attached hydrogens (tertiary/aromatic N) is 3. The van der Waals surface area contributed by atoms with Crippen LogP contribution in [0.2, 0.25) is 0 Å². The fraction of sp³-hybridized carbons (Fsp3) is 0.0476. The van der Waals surface area contributed by atoms with Crippen molar-refractivity contribution >= 4 is 28.4 Å². The van der Waals surface area contributed by atoms with Crippen LogP contribution in [0.1, 0.15) is 16.1 Å². The highest BCUT2D eigenvalue weighted by molar-refractivity contribution is 6.04. The highest BCUT2D eigenvalue weighted by atomic mass is 16.5. The van der Waals surface area contributed by atoms with E-state index in [1.165, 1.54) is 6.20 Å². The van der Waals surface area contributed by atoms with Gasteiger partial charge < -0.3 is 15.2 Å². The number of anilines is 2. The number of hydrogen-bond donors (Lipinski definition) is 2. The van der Waals surface area contributed by atoms with E-state index in [1.807, 2.05) is 31.2 Å². The second kappa shape index (κ2) is 7.32. The molecule has 138 valence electrons. The highest BCUT2D eigenvalue weighted by Gasteiger charge is 2.15. The minimum absolute atomic E-state index is 0.0759. The van der Waals surface area contributed by atoms with Gasteiger partial charge in [-0.1, -0.05) is 6.07 Å². The Hall–Kier alpha value is -4.00. The molecule has 0 aliphatic heterocycles. The molecule has 0 radical (unpaired) electrons. The van der Waals surface area contributed by atoms with Crippen LogP contribution in [0.25, 0.3) is 11.0 Å². The lowest BCUT2D eigenvalue weighted by Crippen LogP contribution is -2.05. The van der Waals surface area contributed by atoms with Gasteiger partial charge in [0, 0.05) is 35.2 Å². The van der Waals surface area contributed by atoms with Crippen LogP contribution in [0.15, 0.2) is 67.0 Å². The molecule has 0 bridgehead atoms. The van der Waals surface area contributed by atoms with Crippen LogP contribution in [0, 0.1) is 6.92 Å². The van der Waals surface area contributed by atoms with Gasteiger partial charge >= 0.3 is 5.97 Å². The summed E-state index contributed by atoms with van der Waals surface area (Å²) in [6.45, 7) is 1.86. The molecule has 28 heavy (non-hydrogen) atoms. The summed E-state index contributed by atoms with van der Waals surface area (Å²) in [5.74, 6) is 0.0603. The average Bonchev–Trinajstić information content (AvgIpc) is 2.70. The fourth-order valence-corrected chi connectivity index (χ4v) is 2.75. The number of carboxylic acids is 1. The number of fused-ring (bicyclic) bond motifs is 1. The summed E-state index contributed by atoms with van der Waals surface area (Å²) >= 11 is 0. The molecule has 0 saturated heterocycles. The molecule has 0 aliphatic carbocycles. The zero-order chi connectivity index (χ0) is 19.5. The maximum atomic E-state index is 11.7. The van der Waals surface area contributed by atoms with Crippen molar-refractivity contribution in [3.05, 3.63) is 78.2 Å². The van der Waals surface area contributed by atoms with Crippen LogP contribution < -0.4 is 10.1 Å². The lowest BCUT2D eigenvalue weighted by atomic mass is 10.1. The van der Waals surface area contributed by atoms with Crippen LogP contribution in [-0.2, 0) is 0 Å². The van der Waals surface area contributed by atoms with E-state index in [2.05, 4.69) is 20.3 Å². The molecular formula is C21H16N4O3. The van der Waals surface area contributed by atoms with Gasteiger partial charge in [-0.2, -0.15) is 0 Å². The number of aryl methyl sites for hydroxylation is 1. The highest BCUT2D eigenvalue weighted by Crippen LogP contribution is 2.30. The van der Waals surface area contributed by atoms with Gasteiger partial charge in [-0.3, -0.25) is 0 Å². The zero-order valence-electron chi connectivity index (χ0n) is 15.0. The van der Waals surface area contributed by atoms with E-state index in [1.54, 1.807) is 36.5 Å². The number of rotatable bonds is 5. The Morgan fingerprint density at radius 3 is 2.57 bits per heavy atom. The Balaban J connectivity index is 1.65. The van der Waals surface area contributed by atoms with Gasteiger partial charge in [0.25, 0.3) is 0 Å². The molecule has 7 heteroatoms. The van der Waals surface area contributed by atoms with E-state index < -0.39 is 5.97 Å². The normalized spacial score (nSPS) is 10.6. The number of nitrogens with one attached hydrogen (secondary N) is 1. The number of pyridine rings is 3. The molecule has 0 saturated carbocycles. The SMILES string of the molecule is Cc1ccc2c(Nc3ccc(Oc4ccccn4)cc3)c(C(=O)O)cnc2n1. The van der Waals surface area contributed by atoms with E-state index in [9.17, 15) is 9.90 Å². The van der Waals surface area contributed by atoms with E-state index in [-0.39, 0.29) is 5.56 Å². The van der Waals surface area contributed by atoms with Crippen molar-refractivity contribution in [1.82, 2.24) is 15.0 Å². The Morgan fingerprint density at radius 2 is 1.86 bits per heavy atom. The molecule has 0 spiro atoms. The maximum Gasteiger partial charge on any atom is 0.339 e. The first kappa shape index (κ1) is 17.4. The quantitative estimate of drug-likeness (QED) is 0.530. The first-order valence-electron chi connectivity index (χ1n) is 8.56. The van der Waals surface area contributed by atoms with E-state index in [4.69, 9.17) is 4.74 Å². The third-order valence-corrected chi connectivity index (χ3v) is 4.08. The van der Waals surface area contributed by atoms with Crippen molar-refractivity contribution in [2.45, 2.75) is 6.92 Å². The molecule has 4 rings (SSSR count). The molecule has 2 N–H and O–H groups in total. The maximum absolute atomic E-state index is 11.7. The number of hydrogen-bond acceptors (Lipinski definition) is 6. The summed E-state index contributed by atoms with van der Waals surface area (Å²) in [6.07, 6.45) is 2.97. The van der Waals surface area contributed by atoms with Crippen molar-refractivity contribution in [3.8, 4) is 11.6 Å². The molecular weight excluding hydrogens is 356 g/mol. The van der Waals surface area contributed by atoms with Crippen molar-refractivity contribution in [1.29, 1.82) is 0 Å². The molecule has 0 aliphatic rings. The molecule has 3 aromatic heterocycles. The Labute approximate surface area is 160 Å². The molecule has 0 unspecified atom stereocenters. The van der Waals surface area contributed by atoms with Crippen molar-refractivity contribution in [2.75, 3.05) is 5.32 Å². The topological polar surface area (TPSA) is 97.2 Å². The van der Waals surface area contributed by atoms with Crippen LogP contribution in [0.3, 0.4) is 0 Å². The standard InChI is InChI=1S/C21H16N4O3/c1-13-5-10-16-19(17(21(26)27)12-23-20(16)24-13)25-14-6-8-15(9-7-14)28-18-4-2-3-11-22-18/h2-12H,1H3,(H,26,27)(H,23,24,25). The van der Waals surface area contributed by atoms with Gasteiger partial charge in [-0.15, -0.1) is 0 Å². The number of aromatic nitrogens is 3. The molecule has 0 atom stereocenters. The fourth-order valence-electron chi connectivity index (χ4n) is 2.75. The van der Waals surface area contributed by atoms with Crippen LogP contribution >= 0.6 is 0 Å². The van der Waals surface area contributed by atoms with Crippen molar-refractivity contribution < 1.29 is 14.6 Å². The smallest absolute Gasteiger partial charge is 0.339 e. The third kappa shape index (κ3) is 3.59. The molecule has 4 aromatic rings. The largest absolute Gasteiger partial charge is 0.478 e. The lowest BCUT2D eigenvalue weighted by molar-refractivity contribution is 0.0697. The van der Waals surface area contributed by atoms with Crippen LogP contribution in [-0.4, -0.2) is 26.0 Å².